The fourth-order valence-corrected chi connectivity index (χ4v) is 3.93. The van der Waals surface area contributed by atoms with Crippen LogP contribution in [0.3, 0.4) is 0 Å². The van der Waals surface area contributed by atoms with Crippen molar-refractivity contribution in [3.05, 3.63) is 33.0 Å². The summed E-state index contributed by atoms with van der Waals surface area (Å²) in [5, 5.41) is 0.802. The average Bonchev–Trinajstić information content (AvgIpc) is 2.99. The third-order valence-corrected chi connectivity index (χ3v) is 5.54. The van der Waals surface area contributed by atoms with E-state index in [1.807, 2.05) is 23.6 Å². The largest absolute Gasteiger partial charge is 0.329 e. The summed E-state index contributed by atoms with van der Waals surface area (Å²) in [7, 11) is 1.64. The number of hydrogen-bond acceptors (Lipinski definition) is 4. The molecule has 2 heterocycles. The number of nitrogens with zero attached hydrogens (tertiary/aromatic N) is 3. The van der Waals surface area contributed by atoms with Crippen molar-refractivity contribution in [1.82, 2.24) is 19.1 Å². The van der Waals surface area contributed by atoms with Crippen LogP contribution in [0.15, 0.2) is 26.9 Å². The Morgan fingerprint density at radius 3 is 2.50 bits per heavy atom. The number of allylic oxidation sites excluding steroid dienone is 2. The van der Waals surface area contributed by atoms with Crippen LogP contribution in [-0.4, -0.2) is 24.9 Å². The van der Waals surface area contributed by atoms with Crippen molar-refractivity contribution in [1.29, 1.82) is 0 Å². The molecule has 26 heavy (non-hydrogen) atoms. The molecule has 0 unspecified atom stereocenters. The first-order chi connectivity index (χ1) is 12.6. The summed E-state index contributed by atoms with van der Waals surface area (Å²) in [6, 6.07) is 0. The Hall–Kier alpha value is -1.76. The lowest BCUT2D eigenvalue weighted by molar-refractivity contribution is 0.603. The Labute approximate surface area is 158 Å². The van der Waals surface area contributed by atoms with Gasteiger partial charge in [0.1, 0.15) is 0 Å². The summed E-state index contributed by atoms with van der Waals surface area (Å²) in [5.41, 5.74) is 0.113. The van der Waals surface area contributed by atoms with Crippen LogP contribution in [-0.2, 0) is 13.6 Å². The number of aromatic amines is 1. The van der Waals surface area contributed by atoms with Gasteiger partial charge in [-0.2, -0.15) is 0 Å². The van der Waals surface area contributed by atoms with Crippen LogP contribution >= 0.6 is 11.8 Å². The summed E-state index contributed by atoms with van der Waals surface area (Å²) >= 11 is 1.66. The van der Waals surface area contributed by atoms with Crippen LogP contribution in [0.1, 0.15) is 58.8 Å². The standard InChI is InChI=1S/C19H30N4O2S/c1-4-6-8-9-10-11-12-14-26-19-20-16-15(23(19)13-7-5-2)17(24)21-18(25)22(16)3/h5,7H,4,6,8-14H2,1-3H3,(H,21,24,25)/b7-5-. The minimum Gasteiger partial charge on any atom is -0.309 e. The van der Waals surface area contributed by atoms with Gasteiger partial charge in [0.05, 0.1) is 0 Å². The molecule has 0 atom stereocenters. The lowest BCUT2D eigenvalue weighted by Crippen LogP contribution is -2.29. The smallest absolute Gasteiger partial charge is 0.309 e. The van der Waals surface area contributed by atoms with E-state index in [0.29, 0.717) is 17.7 Å². The van der Waals surface area contributed by atoms with E-state index in [2.05, 4.69) is 16.9 Å². The highest BCUT2D eigenvalue weighted by molar-refractivity contribution is 7.99. The van der Waals surface area contributed by atoms with E-state index in [1.54, 1.807) is 18.8 Å². The van der Waals surface area contributed by atoms with Crippen molar-refractivity contribution in [3.63, 3.8) is 0 Å². The molecule has 1 N–H and O–H groups in total. The van der Waals surface area contributed by atoms with Gasteiger partial charge in [-0.1, -0.05) is 69.4 Å². The zero-order chi connectivity index (χ0) is 18.9. The summed E-state index contributed by atoms with van der Waals surface area (Å²) in [4.78, 5) is 31.1. The van der Waals surface area contributed by atoms with Crippen LogP contribution in [0.2, 0.25) is 0 Å². The molecule has 6 nitrogen and oxygen atoms in total. The van der Waals surface area contributed by atoms with Gasteiger partial charge in [0.15, 0.2) is 16.3 Å². The Morgan fingerprint density at radius 2 is 1.81 bits per heavy atom. The van der Waals surface area contributed by atoms with Gasteiger partial charge in [-0.3, -0.25) is 14.3 Å². The molecule has 2 aromatic heterocycles. The highest BCUT2D eigenvalue weighted by Gasteiger charge is 2.16. The molecule has 0 aromatic carbocycles. The minimum atomic E-state index is -0.429. The molecule has 0 saturated carbocycles. The zero-order valence-corrected chi connectivity index (χ0v) is 16.9. The van der Waals surface area contributed by atoms with E-state index >= 15 is 0 Å². The Morgan fingerprint density at radius 1 is 1.12 bits per heavy atom. The maximum absolute atomic E-state index is 12.3. The second kappa shape index (κ2) is 10.4. The number of hydrogen-bond donors (Lipinski definition) is 1. The lowest BCUT2D eigenvalue weighted by Gasteiger charge is -2.06. The van der Waals surface area contributed by atoms with Crippen molar-refractivity contribution in [2.24, 2.45) is 7.05 Å². The molecule has 2 rings (SSSR count). The SMILES string of the molecule is C/C=C\Cn1c(SCCCCCCCCC)nc2c1c(=O)[nH]c(=O)n2C. The van der Waals surface area contributed by atoms with Crippen LogP contribution in [0, 0.1) is 0 Å². The van der Waals surface area contributed by atoms with Gasteiger partial charge in [-0.15, -0.1) is 0 Å². The minimum absolute atomic E-state index is 0.372. The lowest BCUT2D eigenvalue weighted by atomic mass is 10.1. The first kappa shape index (κ1) is 20.6. The molecule has 144 valence electrons. The first-order valence-corrected chi connectivity index (χ1v) is 10.5. The fraction of sp³-hybridized carbons (Fsp3) is 0.632. The van der Waals surface area contributed by atoms with Gasteiger partial charge < -0.3 is 4.57 Å². The Kier molecular flexibility index (Phi) is 8.22. The Bertz CT molecular complexity index is 848. The van der Waals surface area contributed by atoms with Crippen molar-refractivity contribution in [2.45, 2.75) is 70.5 Å². The number of imidazole rings is 1. The molecule has 7 heteroatoms. The molecule has 2 aromatic rings. The molecular weight excluding hydrogens is 348 g/mol. The number of nitrogens with one attached hydrogen (secondary N) is 1. The molecule has 0 aliphatic rings. The topological polar surface area (TPSA) is 72.7 Å². The summed E-state index contributed by atoms with van der Waals surface area (Å²) in [6.45, 7) is 4.76. The van der Waals surface area contributed by atoms with E-state index in [-0.39, 0.29) is 5.56 Å². The van der Waals surface area contributed by atoms with Crippen molar-refractivity contribution < 1.29 is 0 Å². The van der Waals surface area contributed by atoms with Gasteiger partial charge in [0.25, 0.3) is 5.56 Å². The second-order valence-corrected chi connectivity index (χ2v) is 7.60. The van der Waals surface area contributed by atoms with Crippen LogP contribution in [0.5, 0.6) is 0 Å². The summed E-state index contributed by atoms with van der Waals surface area (Å²) in [5.74, 6) is 0.971. The van der Waals surface area contributed by atoms with Crippen LogP contribution in [0.25, 0.3) is 11.2 Å². The van der Waals surface area contributed by atoms with E-state index < -0.39 is 5.69 Å². The van der Waals surface area contributed by atoms with Gasteiger partial charge in [0.2, 0.25) is 0 Å². The monoisotopic (exact) mass is 378 g/mol. The van der Waals surface area contributed by atoms with E-state index in [9.17, 15) is 9.59 Å². The molecule has 0 aliphatic heterocycles. The Balaban J connectivity index is 2.09. The maximum Gasteiger partial charge on any atom is 0.329 e. The third kappa shape index (κ3) is 5.13. The molecule has 0 fully saturated rings. The third-order valence-electron chi connectivity index (χ3n) is 4.47. The first-order valence-electron chi connectivity index (χ1n) is 9.53. The van der Waals surface area contributed by atoms with Crippen molar-refractivity contribution in [3.8, 4) is 0 Å². The quantitative estimate of drug-likeness (QED) is 0.366. The van der Waals surface area contributed by atoms with Crippen molar-refractivity contribution in [2.75, 3.05) is 5.75 Å². The van der Waals surface area contributed by atoms with Gasteiger partial charge in [0, 0.05) is 19.3 Å². The van der Waals surface area contributed by atoms with Crippen LogP contribution in [0.4, 0.5) is 0 Å². The number of fused-ring (bicyclic) bond motifs is 1. The van der Waals surface area contributed by atoms with Gasteiger partial charge in [-0.05, 0) is 13.3 Å². The molecule has 0 radical (unpaired) electrons. The van der Waals surface area contributed by atoms with E-state index in [1.165, 1.54) is 43.1 Å². The van der Waals surface area contributed by atoms with Gasteiger partial charge in [-0.25, -0.2) is 9.78 Å². The number of aromatic nitrogens is 4. The average molecular weight is 379 g/mol. The molecule has 0 amide bonds. The summed E-state index contributed by atoms with van der Waals surface area (Å²) in [6.07, 6.45) is 12.8. The summed E-state index contributed by atoms with van der Waals surface area (Å²) < 4.78 is 3.31. The molecule has 0 bridgehead atoms. The number of rotatable bonds is 11. The maximum atomic E-state index is 12.3. The number of thioether (sulfide) groups is 1. The number of H-pyrrole nitrogens is 1. The molecule has 0 spiro atoms. The number of aryl methyl sites for hydroxylation is 1. The molecule has 0 aliphatic carbocycles. The molecule has 0 saturated heterocycles. The predicted octanol–water partition coefficient (Wildman–Crippen LogP) is 3.84. The van der Waals surface area contributed by atoms with Gasteiger partial charge >= 0.3 is 5.69 Å². The normalized spacial score (nSPS) is 11.8. The number of unbranched alkanes of at least 4 members (excludes halogenated alkanes) is 6. The highest BCUT2D eigenvalue weighted by atomic mass is 32.2. The van der Waals surface area contributed by atoms with E-state index in [4.69, 9.17) is 0 Å². The molecular formula is C19H30N4O2S. The van der Waals surface area contributed by atoms with E-state index in [0.717, 1.165) is 17.3 Å². The van der Waals surface area contributed by atoms with Crippen molar-refractivity contribution >= 4 is 22.9 Å². The predicted molar refractivity (Wildman–Crippen MR) is 109 cm³/mol. The zero-order valence-electron chi connectivity index (χ0n) is 16.1. The highest BCUT2D eigenvalue weighted by Crippen LogP contribution is 2.23. The second-order valence-electron chi connectivity index (χ2n) is 6.53. The fourth-order valence-electron chi connectivity index (χ4n) is 2.93. The van der Waals surface area contributed by atoms with Crippen LogP contribution < -0.4 is 11.2 Å².